The molecule has 3 N–H and O–H groups in total. The molecule has 6 nitrogen and oxygen atoms in total. The maximum atomic E-state index is 12.5. The van der Waals surface area contributed by atoms with Gasteiger partial charge in [-0.2, -0.15) is 13.9 Å². The largest absolute Gasteiger partial charge is 0.397 e. The molecule has 0 spiro atoms. The van der Waals surface area contributed by atoms with Crippen LogP contribution in [0.3, 0.4) is 0 Å². The highest BCUT2D eigenvalue weighted by molar-refractivity contribution is 6.33. The monoisotopic (exact) mass is 301 g/mol. The number of hydrogen-bond donors (Lipinski definition) is 2. The highest BCUT2D eigenvalue weighted by Gasteiger charge is 2.16. The third kappa shape index (κ3) is 2.69. The number of pyridine rings is 1. The number of halogens is 3. The Morgan fingerprint density at radius 2 is 2.20 bits per heavy atom. The van der Waals surface area contributed by atoms with E-state index in [0.717, 1.165) is 6.20 Å². The summed E-state index contributed by atoms with van der Waals surface area (Å²) >= 11 is 5.69. The number of alkyl halides is 2. The predicted molar refractivity (Wildman–Crippen MR) is 69.8 cm³/mol. The molecule has 106 valence electrons. The van der Waals surface area contributed by atoms with Crippen molar-refractivity contribution in [1.82, 2.24) is 14.8 Å². The molecule has 2 heterocycles. The lowest BCUT2D eigenvalue weighted by Gasteiger charge is -2.06. The molecule has 0 fully saturated rings. The molecule has 0 aliphatic carbocycles. The minimum Gasteiger partial charge on any atom is -0.397 e. The van der Waals surface area contributed by atoms with Crippen LogP contribution < -0.4 is 11.1 Å². The summed E-state index contributed by atoms with van der Waals surface area (Å²) in [6.07, 6.45) is 2.37. The molecule has 0 bridgehead atoms. The zero-order valence-corrected chi connectivity index (χ0v) is 11.0. The van der Waals surface area contributed by atoms with Gasteiger partial charge in [-0.25, -0.2) is 9.67 Å². The summed E-state index contributed by atoms with van der Waals surface area (Å²) < 4.78 is 25.6. The number of nitrogens with two attached hydrogens (primary N) is 1. The maximum absolute atomic E-state index is 12.5. The molecule has 2 aromatic rings. The molecule has 0 saturated carbocycles. The fourth-order valence-corrected chi connectivity index (χ4v) is 1.61. The molecule has 2 aromatic heterocycles. The minimum absolute atomic E-state index is 0.0242. The Morgan fingerprint density at radius 3 is 2.75 bits per heavy atom. The second-order valence-electron chi connectivity index (χ2n) is 3.91. The summed E-state index contributed by atoms with van der Waals surface area (Å²) in [6.45, 7) is -1.36. The predicted octanol–water partition coefficient (Wildman–Crippen LogP) is 2.47. The van der Waals surface area contributed by atoms with Gasteiger partial charge in [0.2, 0.25) is 0 Å². The van der Waals surface area contributed by atoms with Gasteiger partial charge in [0.25, 0.3) is 5.91 Å². The third-order valence-electron chi connectivity index (χ3n) is 2.60. The molecule has 0 saturated heterocycles. The van der Waals surface area contributed by atoms with Gasteiger partial charge in [-0.3, -0.25) is 4.79 Å². The lowest BCUT2D eigenvalue weighted by atomic mass is 10.3. The Morgan fingerprint density at radius 1 is 1.50 bits per heavy atom. The van der Waals surface area contributed by atoms with Crippen LogP contribution in [0.15, 0.2) is 18.5 Å². The van der Waals surface area contributed by atoms with Crippen molar-refractivity contribution in [2.75, 3.05) is 11.1 Å². The van der Waals surface area contributed by atoms with Gasteiger partial charge in [-0.05, 0) is 13.0 Å². The van der Waals surface area contributed by atoms with Crippen LogP contribution >= 0.6 is 11.6 Å². The Labute approximate surface area is 117 Å². The third-order valence-corrected chi connectivity index (χ3v) is 2.91. The number of hydrogen-bond acceptors (Lipinski definition) is 4. The number of nitrogens with one attached hydrogen (secondary N) is 1. The van der Waals surface area contributed by atoms with E-state index < -0.39 is 12.5 Å². The number of carbonyl (C=O) groups is 1. The molecule has 0 aliphatic rings. The molecule has 20 heavy (non-hydrogen) atoms. The van der Waals surface area contributed by atoms with Gasteiger partial charge >= 0.3 is 6.55 Å². The second-order valence-corrected chi connectivity index (χ2v) is 4.32. The van der Waals surface area contributed by atoms with Gasteiger partial charge in [0.15, 0.2) is 0 Å². The van der Waals surface area contributed by atoms with E-state index in [9.17, 15) is 13.6 Å². The molecule has 1 amide bonds. The summed E-state index contributed by atoms with van der Waals surface area (Å²) in [5.74, 6) is -0.592. The van der Waals surface area contributed by atoms with Gasteiger partial charge in [0, 0.05) is 6.20 Å². The normalized spacial score (nSPS) is 10.8. The van der Waals surface area contributed by atoms with Crippen LogP contribution in [0.5, 0.6) is 0 Å². The Kier molecular flexibility index (Phi) is 3.84. The van der Waals surface area contributed by atoms with Gasteiger partial charge < -0.3 is 11.1 Å². The first-order chi connectivity index (χ1) is 9.40. The van der Waals surface area contributed by atoms with Crippen molar-refractivity contribution in [2.24, 2.45) is 0 Å². The minimum atomic E-state index is -2.77. The fourth-order valence-electron chi connectivity index (χ4n) is 1.51. The van der Waals surface area contributed by atoms with Crippen LogP contribution in [0, 0.1) is 6.92 Å². The van der Waals surface area contributed by atoms with Crippen LogP contribution in [-0.2, 0) is 0 Å². The summed E-state index contributed by atoms with van der Waals surface area (Å²) in [4.78, 5) is 15.7. The van der Waals surface area contributed by atoms with E-state index in [1.807, 2.05) is 0 Å². The van der Waals surface area contributed by atoms with E-state index in [1.165, 1.54) is 19.2 Å². The van der Waals surface area contributed by atoms with Gasteiger partial charge in [0.05, 0.1) is 28.3 Å². The van der Waals surface area contributed by atoms with Crippen LogP contribution in [0.4, 0.5) is 20.2 Å². The summed E-state index contributed by atoms with van der Waals surface area (Å²) in [5, 5.41) is 6.14. The molecule has 0 atom stereocenters. The highest BCUT2D eigenvalue weighted by Crippen LogP contribution is 2.21. The molecule has 0 aromatic carbocycles. The van der Waals surface area contributed by atoms with Gasteiger partial charge in [-0.15, -0.1) is 0 Å². The molecule has 0 radical (unpaired) electrons. The number of anilines is 2. The Balaban J connectivity index is 2.21. The first-order valence-corrected chi connectivity index (χ1v) is 5.82. The zero-order chi connectivity index (χ0) is 14.9. The van der Waals surface area contributed by atoms with Crippen LogP contribution in [-0.4, -0.2) is 20.7 Å². The molecular formula is C11H10ClF2N5O. The van der Waals surface area contributed by atoms with Crippen molar-refractivity contribution in [3.8, 4) is 0 Å². The van der Waals surface area contributed by atoms with Crippen LogP contribution in [0.25, 0.3) is 0 Å². The second kappa shape index (κ2) is 5.41. The summed E-state index contributed by atoms with van der Waals surface area (Å²) in [7, 11) is 0. The summed E-state index contributed by atoms with van der Waals surface area (Å²) in [5.41, 5.74) is 6.09. The average molecular weight is 302 g/mol. The van der Waals surface area contributed by atoms with E-state index in [-0.39, 0.29) is 27.8 Å². The molecule has 2 rings (SSSR count). The Bertz CT molecular complexity index is 658. The van der Waals surface area contributed by atoms with Crippen molar-refractivity contribution >= 4 is 28.9 Å². The van der Waals surface area contributed by atoms with E-state index in [2.05, 4.69) is 15.4 Å². The maximum Gasteiger partial charge on any atom is 0.333 e. The standard InChI is InChI=1S/C11H10ClF2N5O/c1-5-9(4-17-19(5)11(13)14)18-10(20)8-2-7(15)6(12)3-16-8/h2-4,11H,1H3,(H2,15,16)(H,18,20). The highest BCUT2D eigenvalue weighted by atomic mass is 35.5. The van der Waals surface area contributed by atoms with Crippen molar-refractivity contribution in [3.63, 3.8) is 0 Å². The van der Waals surface area contributed by atoms with E-state index in [0.29, 0.717) is 4.68 Å². The Hall–Kier alpha value is -2.22. The number of nitrogens with zero attached hydrogens (tertiary/aromatic N) is 3. The number of carbonyl (C=O) groups excluding carboxylic acids is 1. The van der Waals surface area contributed by atoms with Crippen LogP contribution in [0.1, 0.15) is 22.7 Å². The van der Waals surface area contributed by atoms with Crippen molar-refractivity contribution in [2.45, 2.75) is 13.5 Å². The SMILES string of the molecule is Cc1c(NC(=O)c2cc(N)c(Cl)cn2)cnn1C(F)F. The molecule has 0 unspecified atom stereocenters. The number of rotatable bonds is 3. The number of amides is 1. The lowest BCUT2D eigenvalue weighted by Crippen LogP contribution is -2.14. The number of nitrogen functional groups attached to an aromatic ring is 1. The molecule has 9 heteroatoms. The van der Waals surface area contributed by atoms with E-state index >= 15 is 0 Å². The van der Waals surface area contributed by atoms with Crippen molar-refractivity contribution in [3.05, 3.63) is 34.9 Å². The summed E-state index contributed by atoms with van der Waals surface area (Å²) in [6, 6.07) is 1.30. The van der Waals surface area contributed by atoms with Crippen LogP contribution in [0.2, 0.25) is 5.02 Å². The quantitative estimate of drug-likeness (QED) is 0.912. The van der Waals surface area contributed by atoms with Crippen molar-refractivity contribution < 1.29 is 13.6 Å². The fraction of sp³-hybridized carbons (Fsp3) is 0.182. The topological polar surface area (TPSA) is 85.8 Å². The lowest BCUT2D eigenvalue weighted by molar-refractivity contribution is 0.0545. The first kappa shape index (κ1) is 14.2. The van der Waals surface area contributed by atoms with Gasteiger partial charge in [0.1, 0.15) is 5.69 Å². The van der Waals surface area contributed by atoms with E-state index in [1.54, 1.807) is 0 Å². The van der Waals surface area contributed by atoms with E-state index in [4.69, 9.17) is 17.3 Å². The average Bonchev–Trinajstić information content (AvgIpc) is 2.74. The smallest absolute Gasteiger partial charge is 0.333 e. The zero-order valence-electron chi connectivity index (χ0n) is 10.3. The van der Waals surface area contributed by atoms with Gasteiger partial charge in [-0.1, -0.05) is 11.6 Å². The molecular weight excluding hydrogens is 292 g/mol. The first-order valence-electron chi connectivity index (χ1n) is 5.44. The molecule has 0 aliphatic heterocycles. The number of aromatic nitrogens is 3. The van der Waals surface area contributed by atoms with Crippen molar-refractivity contribution in [1.29, 1.82) is 0 Å².